The largest absolute Gasteiger partial charge is 0.377 e. The molecule has 0 aliphatic carbocycles. The second-order valence-electron chi connectivity index (χ2n) is 6.77. The molecule has 0 unspecified atom stereocenters. The first-order chi connectivity index (χ1) is 13.5. The van der Waals surface area contributed by atoms with Crippen LogP contribution in [0.1, 0.15) is 29.3 Å². The lowest BCUT2D eigenvalue weighted by Gasteiger charge is -2.38. The molecule has 0 aromatic heterocycles. The number of hydrogen-bond donors (Lipinski definition) is 2. The highest BCUT2D eigenvalue weighted by Gasteiger charge is 2.39. The number of alkyl halides is 2. The van der Waals surface area contributed by atoms with E-state index in [0.29, 0.717) is 0 Å². The summed E-state index contributed by atoms with van der Waals surface area (Å²) in [4.78, 5) is 11.6. The van der Waals surface area contributed by atoms with Gasteiger partial charge in [-0.05, 0) is 37.3 Å². The standard InChI is InChI=1S/C18H16F4N2O4S/c1-18(8-28-9-18)24-29(26,27)14-4-2-3-11(15(14)20)17(25)23-10-5-6-13(19)12(7-10)16(21)22/h2-7,16,24H,8-9H2,1H3,(H,23,25). The van der Waals surface area contributed by atoms with Crippen molar-refractivity contribution in [3.05, 3.63) is 59.2 Å². The van der Waals surface area contributed by atoms with Crippen LogP contribution in [-0.2, 0) is 14.8 Å². The molecule has 1 aliphatic rings. The van der Waals surface area contributed by atoms with Crippen molar-refractivity contribution in [1.82, 2.24) is 4.72 Å². The third-order valence-electron chi connectivity index (χ3n) is 4.21. The van der Waals surface area contributed by atoms with Crippen LogP contribution >= 0.6 is 0 Å². The summed E-state index contributed by atoms with van der Waals surface area (Å²) in [7, 11) is -4.30. The van der Waals surface area contributed by atoms with E-state index >= 15 is 0 Å². The van der Waals surface area contributed by atoms with Crippen molar-refractivity contribution in [2.24, 2.45) is 0 Å². The van der Waals surface area contributed by atoms with Crippen LogP contribution < -0.4 is 10.0 Å². The smallest absolute Gasteiger partial charge is 0.266 e. The number of benzene rings is 2. The van der Waals surface area contributed by atoms with Gasteiger partial charge in [0.2, 0.25) is 10.0 Å². The Balaban J connectivity index is 1.87. The molecule has 1 heterocycles. The van der Waals surface area contributed by atoms with E-state index in [-0.39, 0.29) is 18.9 Å². The van der Waals surface area contributed by atoms with Crippen LogP contribution in [0.25, 0.3) is 0 Å². The van der Waals surface area contributed by atoms with E-state index in [4.69, 9.17) is 4.74 Å². The molecule has 0 atom stereocenters. The zero-order valence-corrected chi connectivity index (χ0v) is 15.8. The zero-order valence-electron chi connectivity index (χ0n) is 15.0. The fourth-order valence-electron chi connectivity index (χ4n) is 2.73. The highest BCUT2D eigenvalue weighted by molar-refractivity contribution is 7.89. The molecule has 11 heteroatoms. The fourth-order valence-corrected chi connectivity index (χ4v) is 4.21. The fraction of sp³-hybridized carbons (Fsp3) is 0.278. The van der Waals surface area contributed by atoms with E-state index in [1.807, 2.05) is 0 Å². The van der Waals surface area contributed by atoms with Crippen molar-refractivity contribution in [2.45, 2.75) is 23.8 Å². The van der Waals surface area contributed by atoms with Gasteiger partial charge in [0.05, 0.1) is 29.9 Å². The van der Waals surface area contributed by atoms with Crippen molar-refractivity contribution in [3.8, 4) is 0 Å². The molecule has 1 amide bonds. The SMILES string of the molecule is CC1(NS(=O)(=O)c2cccc(C(=O)Nc3ccc(F)c(C(F)F)c3)c2F)COC1. The first kappa shape index (κ1) is 21.2. The molecule has 3 rings (SSSR count). The molecule has 0 saturated carbocycles. The molecule has 2 aromatic carbocycles. The van der Waals surface area contributed by atoms with Gasteiger partial charge in [0.15, 0.2) is 5.82 Å². The van der Waals surface area contributed by atoms with Crippen molar-refractivity contribution in [3.63, 3.8) is 0 Å². The van der Waals surface area contributed by atoms with E-state index in [1.165, 1.54) is 6.07 Å². The summed E-state index contributed by atoms with van der Waals surface area (Å²) in [5.74, 6) is -3.54. The molecule has 1 fully saturated rings. The number of ether oxygens (including phenoxy) is 1. The molecule has 156 valence electrons. The normalized spacial score (nSPS) is 15.8. The van der Waals surface area contributed by atoms with Gasteiger partial charge in [-0.1, -0.05) is 6.07 Å². The third kappa shape index (κ3) is 4.41. The van der Waals surface area contributed by atoms with Gasteiger partial charge in [0.25, 0.3) is 12.3 Å². The Labute approximate surface area is 163 Å². The summed E-state index contributed by atoms with van der Waals surface area (Å²) >= 11 is 0. The van der Waals surface area contributed by atoms with Gasteiger partial charge in [-0.15, -0.1) is 0 Å². The first-order valence-electron chi connectivity index (χ1n) is 8.32. The van der Waals surface area contributed by atoms with E-state index in [1.54, 1.807) is 6.92 Å². The van der Waals surface area contributed by atoms with Crippen LogP contribution in [0.3, 0.4) is 0 Å². The monoisotopic (exact) mass is 432 g/mol. The van der Waals surface area contributed by atoms with Crippen LogP contribution in [0.15, 0.2) is 41.3 Å². The predicted molar refractivity (Wildman–Crippen MR) is 95.3 cm³/mol. The average Bonchev–Trinajstić information content (AvgIpc) is 2.61. The van der Waals surface area contributed by atoms with Gasteiger partial charge < -0.3 is 10.1 Å². The molecule has 29 heavy (non-hydrogen) atoms. The van der Waals surface area contributed by atoms with Gasteiger partial charge in [-0.2, -0.15) is 0 Å². The molecule has 0 bridgehead atoms. The maximum Gasteiger partial charge on any atom is 0.266 e. The van der Waals surface area contributed by atoms with Gasteiger partial charge in [-0.25, -0.2) is 30.7 Å². The summed E-state index contributed by atoms with van der Waals surface area (Å²) in [6.45, 7) is 1.81. The maximum atomic E-state index is 14.8. The zero-order chi connectivity index (χ0) is 21.4. The molecule has 1 aliphatic heterocycles. The minimum absolute atomic E-state index is 0.116. The Morgan fingerprint density at radius 1 is 1.17 bits per heavy atom. The van der Waals surface area contributed by atoms with Crippen LogP contribution in [0.5, 0.6) is 0 Å². The Hall–Kier alpha value is -2.50. The molecule has 0 radical (unpaired) electrons. The number of amides is 1. The lowest BCUT2D eigenvalue weighted by molar-refractivity contribution is -0.0523. The Morgan fingerprint density at radius 2 is 1.86 bits per heavy atom. The van der Waals surface area contributed by atoms with Gasteiger partial charge in [0.1, 0.15) is 10.7 Å². The minimum atomic E-state index is -4.30. The molecule has 1 saturated heterocycles. The quantitative estimate of drug-likeness (QED) is 0.687. The number of hydrogen-bond acceptors (Lipinski definition) is 4. The van der Waals surface area contributed by atoms with Crippen molar-refractivity contribution in [1.29, 1.82) is 0 Å². The number of nitrogens with one attached hydrogen (secondary N) is 2. The van der Waals surface area contributed by atoms with E-state index < -0.39 is 55.6 Å². The van der Waals surface area contributed by atoms with E-state index in [2.05, 4.69) is 10.0 Å². The van der Waals surface area contributed by atoms with Crippen LogP contribution in [0, 0.1) is 11.6 Å². The first-order valence-corrected chi connectivity index (χ1v) is 9.80. The predicted octanol–water partition coefficient (Wildman–Crippen LogP) is 3.22. The average molecular weight is 432 g/mol. The Kier molecular flexibility index (Phi) is 5.65. The molecular formula is C18H16F4N2O4S. The number of halogens is 4. The molecular weight excluding hydrogens is 416 g/mol. The van der Waals surface area contributed by atoms with Gasteiger partial charge in [-0.3, -0.25) is 4.79 Å². The number of carbonyl (C=O) groups is 1. The molecule has 2 N–H and O–H groups in total. The van der Waals surface area contributed by atoms with Gasteiger partial charge >= 0.3 is 0 Å². The maximum absolute atomic E-state index is 14.8. The second kappa shape index (κ2) is 7.73. The lowest BCUT2D eigenvalue weighted by Crippen LogP contribution is -2.59. The molecule has 0 spiro atoms. The second-order valence-corrected chi connectivity index (χ2v) is 8.42. The summed E-state index contributed by atoms with van der Waals surface area (Å²) in [6.07, 6.45) is -3.11. The Bertz CT molecular complexity index is 1060. The van der Waals surface area contributed by atoms with Crippen LogP contribution in [0.2, 0.25) is 0 Å². The van der Waals surface area contributed by atoms with Crippen LogP contribution in [-0.4, -0.2) is 33.1 Å². The van der Waals surface area contributed by atoms with Crippen molar-refractivity contribution >= 4 is 21.6 Å². The third-order valence-corrected chi connectivity index (χ3v) is 5.86. The number of rotatable bonds is 6. The summed E-state index contributed by atoms with van der Waals surface area (Å²) in [5, 5.41) is 2.16. The summed E-state index contributed by atoms with van der Waals surface area (Å²) < 4.78 is 86.0. The Morgan fingerprint density at radius 3 is 2.45 bits per heavy atom. The lowest BCUT2D eigenvalue weighted by atomic mass is 10.0. The highest BCUT2D eigenvalue weighted by atomic mass is 32.2. The van der Waals surface area contributed by atoms with E-state index in [0.717, 1.165) is 30.3 Å². The number of anilines is 1. The number of carbonyl (C=O) groups excluding carboxylic acids is 1. The minimum Gasteiger partial charge on any atom is -0.377 e. The number of sulfonamides is 1. The summed E-state index contributed by atoms with van der Waals surface area (Å²) in [6, 6.07) is 5.67. The van der Waals surface area contributed by atoms with Crippen LogP contribution in [0.4, 0.5) is 23.2 Å². The van der Waals surface area contributed by atoms with Gasteiger partial charge in [0, 0.05) is 5.69 Å². The molecule has 2 aromatic rings. The van der Waals surface area contributed by atoms with Crippen molar-refractivity contribution < 1.29 is 35.5 Å². The highest BCUT2D eigenvalue weighted by Crippen LogP contribution is 2.27. The topological polar surface area (TPSA) is 84.5 Å². The van der Waals surface area contributed by atoms with E-state index in [9.17, 15) is 30.8 Å². The van der Waals surface area contributed by atoms with Crippen molar-refractivity contribution in [2.75, 3.05) is 18.5 Å². The summed E-state index contributed by atoms with van der Waals surface area (Å²) in [5.41, 5.74) is -2.63. The molecule has 6 nitrogen and oxygen atoms in total.